The molecule has 0 aliphatic heterocycles. The number of carboxylic acid groups (broad SMARTS) is 1. The Hall–Kier alpha value is -11.0. The number of benzene rings is 6. The fourth-order valence-corrected chi connectivity index (χ4v) is 7.91. The van der Waals surface area contributed by atoms with Gasteiger partial charge in [0.15, 0.2) is 16.7 Å². The Balaban J connectivity index is 0.000000200. The van der Waals surface area contributed by atoms with Crippen LogP contribution in [-0.4, -0.2) is 104 Å². The molecule has 9 aromatic rings. The topological polar surface area (TPSA) is 397 Å². The Labute approximate surface area is 518 Å². The van der Waals surface area contributed by atoms with Gasteiger partial charge in [0.1, 0.15) is 93.6 Å². The van der Waals surface area contributed by atoms with Gasteiger partial charge in [-0.2, -0.15) is 0 Å². The van der Waals surface area contributed by atoms with Gasteiger partial charge in [0.2, 0.25) is 0 Å². The molecule has 0 radical (unpaired) electrons. The Morgan fingerprint density at radius 2 is 0.778 bits per heavy atom. The van der Waals surface area contributed by atoms with Crippen LogP contribution in [0.3, 0.4) is 0 Å². The van der Waals surface area contributed by atoms with Crippen LogP contribution in [0.5, 0.6) is 46.0 Å². The molecule has 3 heterocycles. The van der Waals surface area contributed by atoms with Gasteiger partial charge in [-0.3, -0.25) is 28.8 Å². The van der Waals surface area contributed by atoms with Crippen LogP contribution >= 0.6 is 15.9 Å². The molecular formula is C62H57BBrN3O23. The van der Waals surface area contributed by atoms with Crippen molar-refractivity contribution in [3.05, 3.63) is 198 Å². The highest BCUT2D eigenvalue weighted by molar-refractivity contribution is 9.10. The van der Waals surface area contributed by atoms with Gasteiger partial charge < -0.3 is 83.3 Å². The maximum absolute atomic E-state index is 12.3. The zero-order valence-electron chi connectivity index (χ0n) is 48.6. The summed E-state index contributed by atoms with van der Waals surface area (Å²) < 4.78 is 41.9. The smallest absolute Gasteiger partial charge is 0.512 e. The van der Waals surface area contributed by atoms with Crippen LogP contribution in [0.1, 0.15) is 72.6 Å². The predicted octanol–water partition coefficient (Wildman–Crippen LogP) is 7.84. The van der Waals surface area contributed by atoms with E-state index in [1.807, 2.05) is 35.6 Å². The summed E-state index contributed by atoms with van der Waals surface area (Å²) in [6.45, 7) is 8.53. The van der Waals surface area contributed by atoms with Crippen molar-refractivity contribution in [2.24, 2.45) is 0 Å². The van der Waals surface area contributed by atoms with E-state index in [-0.39, 0.29) is 32.9 Å². The lowest BCUT2D eigenvalue weighted by Crippen LogP contribution is -2.36. The average molecular weight is 1300 g/mol. The lowest BCUT2D eigenvalue weighted by molar-refractivity contribution is -0.154. The Morgan fingerprint density at radius 1 is 0.456 bits per heavy atom. The van der Waals surface area contributed by atoms with Crippen molar-refractivity contribution in [2.45, 2.75) is 52.7 Å². The van der Waals surface area contributed by atoms with E-state index in [0.29, 0.717) is 33.2 Å². The molecule has 0 saturated heterocycles. The van der Waals surface area contributed by atoms with Gasteiger partial charge in [-0.15, -0.1) is 0 Å². The van der Waals surface area contributed by atoms with Crippen molar-refractivity contribution < 1.29 is 96.1 Å². The van der Waals surface area contributed by atoms with E-state index in [1.54, 1.807) is 114 Å². The van der Waals surface area contributed by atoms with Crippen molar-refractivity contribution in [2.75, 3.05) is 19.6 Å². The molecule has 3 aromatic heterocycles. The van der Waals surface area contributed by atoms with Crippen LogP contribution in [-0.2, 0) is 23.9 Å². The first-order chi connectivity index (χ1) is 42.5. The number of carboxylic acids is 1. The van der Waals surface area contributed by atoms with Gasteiger partial charge in [-0.05, 0) is 120 Å². The van der Waals surface area contributed by atoms with Crippen LogP contribution < -0.4 is 47.0 Å². The van der Waals surface area contributed by atoms with Crippen molar-refractivity contribution in [3.8, 4) is 46.0 Å². The molecule has 0 saturated carbocycles. The van der Waals surface area contributed by atoms with Gasteiger partial charge in [-0.1, -0.05) is 70.5 Å². The summed E-state index contributed by atoms with van der Waals surface area (Å²) in [7, 11) is -1.73. The van der Waals surface area contributed by atoms with E-state index in [2.05, 4.69) is 31.2 Å². The predicted molar refractivity (Wildman–Crippen MR) is 327 cm³/mol. The number of aliphatic carboxylic acids is 1. The van der Waals surface area contributed by atoms with Crippen LogP contribution in [0.4, 0.5) is 0 Å². The Kier molecular flexibility index (Phi) is 23.2. The highest BCUT2D eigenvalue weighted by atomic mass is 79.9. The molecular weight excluding hydrogens is 1250 g/mol. The second-order valence-corrected chi connectivity index (χ2v) is 21.4. The summed E-state index contributed by atoms with van der Waals surface area (Å²) in [5, 5.41) is 63.1. The fraction of sp³-hybridized carbons (Fsp3) is 0.177. The van der Waals surface area contributed by atoms with Crippen LogP contribution in [0, 0.1) is 0 Å². The third kappa shape index (κ3) is 20.1. The number of para-hydroxylation sites is 3. The largest absolute Gasteiger partial charge is 0.707 e. The minimum atomic E-state index is -1.73. The normalized spacial score (nSPS) is 10.8. The molecule has 28 heteroatoms. The van der Waals surface area contributed by atoms with Gasteiger partial charge >= 0.3 is 42.1 Å². The number of rotatable bonds is 15. The Bertz CT molecular complexity index is 4260. The number of hydrogen-bond acceptors (Lipinski definition) is 22. The first-order valence-electron chi connectivity index (χ1n) is 26.6. The molecule has 26 nitrogen and oxygen atoms in total. The molecule has 0 bridgehead atoms. The summed E-state index contributed by atoms with van der Waals surface area (Å²) in [4.78, 5) is 107. The summed E-state index contributed by atoms with van der Waals surface area (Å²) >= 11 is 3.22. The minimum Gasteiger partial charge on any atom is -0.512 e. The molecule has 0 atom stereocenters. The fourth-order valence-electron chi connectivity index (χ4n) is 7.57. The number of hydrogen-bond donors (Lipinski definition) is 9. The number of carbonyl (C=O) groups is 6. The number of aromatic hydroxyl groups is 3. The quantitative estimate of drug-likeness (QED) is 0.0268. The number of esters is 2. The van der Waals surface area contributed by atoms with E-state index in [4.69, 9.17) is 47.4 Å². The lowest BCUT2D eigenvalue weighted by atomic mass is 10.1. The monoisotopic (exact) mass is 1300 g/mol. The molecule has 9 rings (SSSR count). The van der Waals surface area contributed by atoms with E-state index in [1.165, 1.54) is 42.5 Å². The van der Waals surface area contributed by atoms with Crippen LogP contribution in [0.25, 0.3) is 32.9 Å². The number of halogens is 1. The average Bonchev–Trinajstić information content (AvgIpc) is 0.846. The van der Waals surface area contributed by atoms with E-state index in [9.17, 15) is 58.5 Å². The van der Waals surface area contributed by atoms with Crippen molar-refractivity contribution >= 4 is 91.8 Å². The summed E-state index contributed by atoms with van der Waals surface area (Å²) in [5.74, 6) is -4.82. The SMILES string of the molecule is CC(C)(C)OC(=O)CNC(=O)c1c(O)c2ccc(Br)cc2oc1=O.CC(C)(C)OC(=O)CNC(=O)c1c(O)c2ccc(Oc3ccccc3)cc2oc1=O.O=C(O)CNC(=O)c1c(O)c2ccc(Oc3ccccc3)cc2oc1=O.OB(O)Oc1ccccc1. The van der Waals surface area contributed by atoms with Crippen LogP contribution in [0.15, 0.2) is 178 Å². The summed E-state index contributed by atoms with van der Waals surface area (Å²) in [6, 6.07) is 40.0. The molecule has 9 N–H and O–H groups in total. The summed E-state index contributed by atoms with van der Waals surface area (Å²) in [5.41, 5.74) is -6.15. The maximum Gasteiger partial charge on any atom is 0.707 e. The van der Waals surface area contributed by atoms with Gasteiger partial charge in [-0.25, -0.2) is 14.4 Å². The third-order valence-corrected chi connectivity index (χ3v) is 11.7. The molecule has 90 heavy (non-hydrogen) atoms. The number of amides is 3. The first kappa shape index (κ1) is 68.2. The highest BCUT2D eigenvalue weighted by Crippen LogP contribution is 2.33. The third-order valence-electron chi connectivity index (χ3n) is 11.2. The summed E-state index contributed by atoms with van der Waals surface area (Å²) in [6.07, 6.45) is 0. The molecule has 3 amide bonds. The van der Waals surface area contributed by atoms with E-state index >= 15 is 0 Å². The van der Waals surface area contributed by atoms with Gasteiger partial charge in [0.05, 0.1) is 16.2 Å². The van der Waals surface area contributed by atoms with Crippen LogP contribution in [0.2, 0.25) is 0 Å². The number of carbonyl (C=O) groups excluding carboxylic acids is 5. The molecule has 6 aromatic carbocycles. The highest BCUT2D eigenvalue weighted by Gasteiger charge is 2.26. The lowest BCUT2D eigenvalue weighted by Gasteiger charge is -2.19. The van der Waals surface area contributed by atoms with Gasteiger partial charge in [0.25, 0.3) is 17.7 Å². The molecule has 0 spiro atoms. The molecule has 0 fully saturated rings. The number of nitrogens with one attached hydrogen (secondary N) is 3. The molecule has 0 unspecified atom stereocenters. The standard InChI is InChI=1S/C22H21NO7.C18H13NO7.C16H16BrNO6.C6H7BO3/c1-22(2,3)30-17(24)12-23-20(26)18-19(25)15-10-9-14(11-16(15)29-21(18)27)28-13-7-5-4-6-8-13;20-14(21)9-19-17(23)15-16(22)12-7-6-11(8-13(12)26-18(15)24)25-10-4-2-1-3-5-10;1-16(2,3)24-11(19)7-18-14(21)12-13(20)9-5-4-8(17)6-10(9)23-15(12)22;8-7(9)10-6-4-2-1-3-5-6/h4-11,25H,12H2,1-3H3,(H,23,26);1-8,22H,9H2,(H,19,23)(H,20,21);4-6,20H,7H2,1-3H3,(H,18,21);1-5,8-9H. The molecule has 0 aliphatic rings. The second-order valence-electron chi connectivity index (χ2n) is 20.5. The van der Waals surface area contributed by atoms with Gasteiger partial charge in [0, 0.05) is 16.6 Å². The maximum atomic E-state index is 12.3. The van der Waals surface area contributed by atoms with Crippen molar-refractivity contribution in [1.29, 1.82) is 0 Å². The molecule has 468 valence electrons. The van der Waals surface area contributed by atoms with E-state index in [0.717, 1.165) is 0 Å². The zero-order valence-corrected chi connectivity index (χ0v) is 50.1. The number of fused-ring (bicyclic) bond motifs is 3. The van der Waals surface area contributed by atoms with E-state index < -0.39 is 125 Å². The minimum absolute atomic E-state index is 0.0238. The zero-order chi connectivity index (χ0) is 66.0. The first-order valence-corrected chi connectivity index (χ1v) is 27.3. The second kappa shape index (κ2) is 30.6. The van der Waals surface area contributed by atoms with Crippen molar-refractivity contribution in [1.82, 2.24) is 16.0 Å². The van der Waals surface area contributed by atoms with Crippen molar-refractivity contribution in [3.63, 3.8) is 0 Å². The number of ether oxygens (including phenoxy) is 4. The molecule has 0 aliphatic carbocycles. The Morgan fingerprint density at radius 3 is 1.11 bits per heavy atom.